The van der Waals surface area contributed by atoms with Crippen molar-refractivity contribution in [2.75, 3.05) is 19.7 Å². The van der Waals surface area contributed by atoms with Gasteiger partial charge in [0.1, 0.15) is 0 Å². The Morgan fingerprint density at radius 2 is 2.10 bits per heavy atom. The predicted molar refractivity (Wildman–Crippen MR) is 77.0 cm³/mol. The number of urea groups is 1. The highest BCUT2D eigenvalue weighted by Crippen LogP contribution is 2.14. The van der Waals surface area contributed by atoms with Gasteiger partial charge in [0, 0.05) is 19.7 Å². The maximum Gasteiger partial charge on any atom is 0.330 e. The summed E-state index contributed by atoms with van der Waals surface area (Å²) in [6, 6.07) is 7.26. The summed E-state index contributed by atoms with van der Waals surface area (Å²) in [5.41, 5.74) is 0.553. The smallest absolute Gasteiger partial charge is 0.330 e. The molecule has 0 aliphatic carbocycles. The van der Waals surface area contributed by atoms with Crippen molar-refractivity contribution in [3.05, 3.63) is 35.9 Å². The highest BCUT2D eigenvalue weighted by atomic mass is 16.5. The first kappa shape index (κ1) is 15.3. The predicted octanol–water partition coefficient (Wildman–Crippen LogP) is 1.63. The number of carbonyl (C=O) groups excluding carboxylic acids is 1. The number of aliphatic carboxylic acids is 1. The van der Waals surface area contributed by atoms with Crippen molar-refractivity contribution in [1.29, 1.82) is 0 Å². The zero-order valence-electron chi connectivity index (χ0n) is 12.0. The fraction of sp³-hybridized carbons (Fsp3) is 0.467. The number of hydrogen-bond acceptors (Lipinski definition) is 3. The first-order valence-electron chi connectivity index (χ1n) is 7.02. The molecule has 1 aliphatic rings. The van der Waals surface area contributed by atoms with E-state index in [4.69, 9.17) is 4.74 Å². The van der Waals surface area contributed by atoms with Crippen LogP contribution in [0.3, 0.4) is 0 Å². The van der Waals surface area contributed by atoms with Crippen molar-refractivity contribution in [1.82, 2.24) is 10.2 Å². The number of benzene rings is 1. The first-order chi connectivity index (χ1) is 10.1. The number of amides is 2. The van der Waals surface area contributed by atoms with E-state index >= 15 is 0 Å². The van der Waals surface area contributed by atoms with Gasteiger partial charge in [0.2, 0.25) is 0 Å². The fourth-order valence-electron chi connectivity index (χ4n) is 2.33. The number of carboxylic acids is 1. The monoisotopic (exact) mass is 292 g/mol. The van der Waals surface area contributed by atoms with Crippen LogP contribution in [0.1, 0.15) is 24.9 Å². The van der Waals surface area contributed by atoms with Crippen LogP contribution in [0.4, 0.5) is 4.79 Å². The molecule has 114 valence electrons. The Balaban J connectivity index is 2.06. The molecule has 0 bridgehead atoms. The van der Waals surface area contributed by atoms with E-state index in [1.54, 1.807) is 35.2 Å². The van der Waals surface area contributed by atoms with E-state index in [0.29, 0.717) is 25.3 Å². The Hall–Kier alpha value is -2.08. The normalized spacial score (nSPS) is 20.4. The Kier molecular flexibility index (Phi) is 5.16. The first-order valence-corrected chi connectivity index (χ1v) is 7.02. The SMILES string of the molecule is CC1CN(C(=O)NC(C(=O)O)c2ccccc2)CCCO1. The molecule has 0 aromatic heterocycles. The number of rotatable bonds is 3. The number of nitrogens with zero attached hydrogens (tertiary/aromatic N) is 1. The molecule has 1 aromatic rings. The number of nitrogens with one attached hydrogen (secondary N) is 1. The molecule has 6 nitrogen and oxygen atoms in total. The molecule has 1 aliphatic heterocycles. The molecule has 2 rings (SSSR count). The fourth-order valence-corrected chi connectivity index (χ4v) is 2.33. The quantitative estimate of drug-likeness (QED) is 0.887. The molecule has 1 heterocycles. The summed E-state index contributed by atoms with van der Waals surface area (Å²) < 4.78 is 5.48. The molecular weight excluding hydrogens is 272 g/mol. The van der Waals surface area contributed by atoms with Crippen LogP contribution in [0, 0.1) is 0 Å². The van der Waals surface area contributed by atoms with Crippen molar-refractivity contribution >= 4 is 12.0 Å². The van der Waals surface area contributed by atoms with Crippen LogP contribution >= 0.6 is 0 Å². The van der Waals surface area contributed by atoms with Gasteiger partial charge in [0.15, 0.2) is 6.04 Å². The Labute approximate surface area is 123 Å². The third-order valence-electron chi connectivity index (χ3n) is 3.39. The molecule has 2 unspecified atom stereocenters. The lowest BCUT2D eigenvalue weighted by atomic mass is 10.1. The standard InChI is InChI=1S/C15H20N2O4/c1-11-10-17(8-5-9-21-11)15(20)16-13(14(18)19)12-6-3-2-4-7-12/h2-4,6-7,11,13H,5,8-10H2,1H3,(H,16,20)(H,18,19). The van der Waals surface area contributed by atoms with E-state index in [1.165, 1.54) is 0 Å². The van der Waals surface area contributed by atoms with Crippen LogP contribution in [-0.2, 0) is 9.53 Å². The van der Waals surface area contributed by atoms with Gasteiger partial charge in [-0.1, -0.05) is 30.3 Å². The minimum atomic E-state index is -1.08. The van der Waals surface area contributed by atoms with Crippen LogP contribution < -0.4 is 5.32 Å². The summed E-state index contributed by atoms with van der Waals surface area (Å²) >= 11 is 0. The van der Waals surface area contributed by atoms with Crippen LogP contribution in [0.25, 0.3) is 0 Å². The van der Waals surface area contributed by atoms with Crippen molar-refractivity contribution in [3.63, 3.8) is 0 Å². The minimum Gasteiger partial charge on any atom is -0.479 e. The summed E-state index contributed by atoms with van der Waals surface area (Å²) in [5.74, 6) is -1.08. The van der Waals surface area contributed by atoms with Crippen LogP contribution in [0.5, 0.6) is 0 Å². The molecule has 0 spiro atoms. The van der Waals surface area contributed by atoms with E-state index in [0.717, 1.165) is 6.42 Å². The second kappa shape index (κ2) is 7.08. The van der Waals surface area contributed by atoms with E-state index in [-0.39, 0.29) is 12.1 Å². The lowest BCUT2D eigenvalue weighted by Gasteiger charge is -2.25. The number of carbonyl (C=O) groups is 2. The van der Waals surface area contributed by atoms with Gasteiger partial charge in [-0.15, -0.1) is 0 Å². The summed E-state index contributed by atoms with van der Waals surface area (Å²) in [7, 11) is 0. The third kappa shape index (κ3) is 4.19. The Bertz CT molecular complexity index is 492. The second-order valence-electron chi connectivity index (χ2n) is 5.11. The minimum absolute atomic E-state index is 0.0433. The number of hydrogen-bond donors (Lipinski definition) is 2. The highest BCUT2D eigenvalue weighted by Gasteiger charge is 2.26. The summed E-state index contributed by atoms with van der Waals surface area (Å²) in [6.07, 6.45) is 0.708. The molecule has 0 saturated carbocycles. The third-order valence-corrected chi connectivity index (χ3v) is 3.39. The highest BCUT2D eigenvalue weighted by molar-refractivity contribution is 5.83. The molecule has 2 N–H and O–H groups in total. The average Bonchev–Trinajstić information content (AvgIpc) is 2.69. The number of ether oxygens (including phenoxy) is 1. The number of carboxylic acid groups (broad SMARTS) is 1. The summed E-state index contributed by atoms with van der Waals surface area (Å²) in [6.45, 7) is 3.55. The van der Waals surface area contributed by atoms with Gasteiger partial charge in [0.25, 0.3) is 0 Å². The maximum atomic E-state index is 12.3. The van der Waals surface area contributed by atoms with E-state index in [1.807, 2.05) is 6.92 Å². The average molecular weight is 292 g/mol. The molecule has 1 aromatic carbocycles. The molecule has 1 saturated heterocycles. The molecule has 6 heteroatoms. The lowest BCUT2D eigenvalue weighted by molar-refractivity contribution is -0.139. The lowest BCUT2D eigenvalue weighted by Crippen LogP contribution is -2.45. The van der Waals surface area contributed by atoms with E-state index in [2.05, 4.69) is 5.32 Å². The van der Waals surface area contributed by atoms with E-state index < -0.39 is 12.0 Å². The molecule has 2 atom stereocenters. The van der Waals surface area contributed by atoms with Gasteiger partial charge in [-0.2, -0.15) is 0 Å². The maximum absolute atomic E-state index is 12.3. The molecule has 2 amide bonds. The molecule has 1 fully saturated rings. The zero-order chi connectivity index (χ0) is 15.2. The van der Waals surface area contributed by atoms with Crippen LogP contribution in [0.15, 0.2) is 30.3 Å². The molecule has 21 heavy (non-hydrogen) atoms. The van der Waals surface area contributed by atoms with Crippen LogP contribution in [-0.4, -0.2) is 47.8 Å². The van der Waals surface area contributed by atoms with Crippen molar-refractivity contribution in [2.45, 2.75) is 25.5 Å². The Morgan fingerprint density at radius 3 is 2.76 bits per heavy atom. The molecule has 0 radical (unpaired) electrons. The largest absolute Gasteiger partial charge is 0.479 e. The van der Waals surface area contributed by atoms with Crippen molar-refractivity contribution in [2.24, 2.45) is 0 Å². The van der Waals surface area contributed by atoms with Gasteiger partial charge in [0.05, 0.1) is 6.10 Å². The van der Waals surface area contributed by atoms with Crippen molar-refractivity contribution in [3.8, 4) is 0 Å². The topological polar surface area (TPSA) is 78.9 Å². The van der Waals surface area contributed by atoms with Gasteiger partial charge in [-0.05, 0) is 18.9 Å². The van der Waals surface area contributed by atoms with E-state index in [9.17, 15) is 14.7 Å². The second-order valence-corrected chi connectivity index (χ2v) is 5.11. The van der Waals surface area contributed by atoms with Crippen LogP contribution in [0.2, 0.25) is 0 Å². The summed E-state index contributed by atoms with van der Waals surface area (Å²) in [4.78, 5) is 25.3. The van der Waals surface area contributed by atoms with Crippen molar-refractivity contribution < 1.29 is 19.4 Å². The Morgan fingerprint density at radius 1 is 1.38 bits per heavy atom. The van der Waals surface area contributed by atoms with Gasteiger partial charge < -0.3 is 20.1 Å². The zero-order valence-corrected chi connectivity index (χ0v) is 12.0. The van der Waals surface area contributed by atoms with Gasteiger partial charge in [-0.3, -0.25) is 0 Å². The summed E-state index contributed by atoms with van der Waals surface area (Å²) in [5, 5.41) is 11.9. The van der Waals surface area contributed by atoms with Gasteiger partial charge in [-0.25, -0.2) is 9.59 Å². The van der Waals surface area contributed by atoms with Gasteiger partial charge >= 0.3 is 12.0 Å². The molecular formula is C15H20N2O4.